The first-order valence-corrected chi connectivity index (χ1v) is 12.9. The van der Waals surface area contributed by atoms with E-state index in [4.69, 9.17) is 21.1 Å². The third-order valence-electron chi connectivity index (χ3n) is 5.63. The third-order valence-corrected chi connectivity index (χ3v) is 7.34. The summed E-state index contributed by atoms with van der Waals surface area (Å²) in [5, 5.41) is 9.48. The number of nitrogens with zero attached hydrogens (tertiary/aromatic N) is 2. The van der Waals surface area contributed by atoms with E-state index in [1.807, 2.05) is 18.0 Å². The van der Waals surface area contributed by atoms with Gasteiger partial charge >= 0.3 is 6.18 Å². The number of likely N-dealkylation sites (tertiary alicyclic amines) is 1. The van der Waals surface area contributed by atoms with Gasteiger partial charge in [-0.15, -0.1) is 0 Å². The highest BCUT2D eigenvalue weighted by Gasteiger charge is 2.36. The van der Waals surface area contributed by atoms with Crippen LogP contribution in [0.2, 0.25) is 5.02 Å². The van der Waals surface area contributed by atoms with Crippen molar-refractivity contribution in [2.24, 2.45) is 0 Å². The van der Waals surface area contributed by atoms with Gasteiger partial charge in [0.1, 0.15) is 35.0 Å². The standard InChI is InChI=1S/C25H21ClF3N3O4S/c1-32-12-11-18(15-32)36-24-13-16(5-10-21(24)25(27,28)29)31-37(33,34)19-8-6-17(7-9-19)35-23-4-2-3-22(26)20(23)14-30/h2-10,13,18,31H,11-12,15H2,1H3. The molecule has 0 radical (unpaired) electrons. The van der Waals surface area contributed by atoms with Crippen molar-refractivity contribution in [3.8, 4) is 23.3 Å². The summed E-state index contributed by atoms with van der Waals surface area (Å²) < 4.78 is 80.0. The number of alkyl halides is 3. The molecule has 1 unspecified atom stereocenters. The monoisotopic (exact) mass is 551 g/mol. The first kappa shape index (κ1) is 26.6. The van der Waals surface area contributed by atoms with Gasteiger partial charge in [0.05, 0.1) is 21.2 Å². The SMILES string of the molecule is CN1CCC(Oc2cc(NS(=O)(=O)c3ccc(Oc4cccc(Cl)c4C#N)cc3)ccc2C(F)(F)F)C1. The molecule has 3 aromatic carbocycles. The van der Waals surface area contributed by atoms with Gasteiger partial charge in [-0.3, -0.25) is 4.72 Å². The maximum atomic E-state index is 13.5. The van der Waals surface area contributed by atoms with Crippen LogP contribution in [0, 0.1) is 11.3 Å². The molecule has 0 saturated carbocycles. The molecule has 1 aliphatic heterocycles. The van der Waals surface area contributed by atoms with E-state index in [-0.39, 0.29) is 32.7 Å². The molecule has 4 rings (SSSR count). The van der Waals surface area contributed by atoms with Crippen LogP contribution in [-0.2, 0) is 16.2 Å². The number of hydrogen-bond donors (Lipinski definition) is 1. The van der Waals surface area contributed by atoms with Crippen LogP contribution in [0.5, 0.6) is 17.2 Å². The number of benzene rings is 3. The van der Waals surface area contributed by atoms with Crippen molar-refractivity contribution in [1.29, 1.82) is 5.26 Å². The number of halogens is 4. The van der Waals surface area contributed by atoms with Gasteiger partial charge in [0.25, 0.3) is 10.0 Å². The van der Waals surface area contributed by atoms with E-state index in [9.17, 15) is 26.9 Å². The van der Waals surface area contributed by atoms with Crippen LogP contribution in [0.3, 0.4) is 0 Å². The highest BCUT2D eigenvalue weighted by molar-refractivity contribution is 7.92. The van der Waals surface area contributed by atoms with Gasteiger partial charge in [-0.1, -0.05) is 17.7 Å². The van der Waals surface area contributed by atoms with Crippen molar-refractivity contribution in [2.75, 3.05) is 24.9 Å². The number of hydrogen-bond acceptors (Lipinski definition) is 6. The Morgan fingerprint density at radius 3 is 2.46 bits per heavy atom. The minimum Gasteiger partial charge on any atom is -0.488 e. The van der Waals surface area contributed by atoms with E-state index in [0.29, 0.717) is 19.5 Å². The summed E-state index contributed by atoms with van der Waals surface area (Å²) in [7, 11) is -2.31. The molecule has 1 heterocycles. The third kappa shape index (κ3) is 6.28. The molecule has 7 nitrogen and oxygen atoms in total. The maximum absolute atomic E-state index is 13.5. The fourth-order valence-corrected chi connectivity index (χ4v) is 5.07. The van der Waals surface area contributed by atoms with Crippen molar-refractivity contribution in [3.05, 3.63) is 76.8 Å². The first-order valence-electron chi connectivity index (χ1n) is 11.0. The number of rotatable bonds is 7. The molecule has 0 aliphatic carbocycles. The molecule has 1 N–H and O–H groups in total. The lowest BCUT2D eigenvalue weighted by molar-refractivity contribution is -0.139. The molecule has 1 saturated heterocycles. The van der Waals surface area contributed by atoms with Gasteiger partial charge in [-0.25, -0.2) is 8.42 Å². The van der Waals surface area contributed by atoms with E-state index in [2.05, 4.69) is 4.72 Å². The average molecular weight is 552 g/mol. The second kappa shape index (κ2) is 10.5. The average Bonchev–Trinajstić information content (AvgIpc) is 3.23. The lowest BCUT2D eigenvalue weighted by atomic mass is 10.1. The molecule has 1 aliphatic rings. The van der Waals surface area contributed by atoms with Crippen LogP contribution in [0.25, 0.3) is 0 Å². The van der Waals surface area contributed by atoms with Gasteiger partial charge in [-0.2, -0.15) is 18.4 Å². The molecule has 3 aromatic rings. The Balaban J connectivity index is 1.54. The van der Waals surface area contributed by atoms with Crippen LogP contribution in [0.4, 0.5) is 18.9 Å². The van der Waals surface area contributed by atoms with Gasteiger partial charge in [-0.05, 0) is 62.0 Å². The summed E-state index contributed by atoms with van der Waals surface area (Å²) in [5.41, 5.74) is -0.927. The van der Waals surface area contributed by atoms with Gasteiger partial charge in [0.2, 0.25) is 0 Å². The normalized spacial score (nSPS) is 16.3. The molecule has 194 valence electrons. The van der Waals surface area contributed by atoms with Crippen LogP contribution in [0.15, 0.2) is 65.6 Å². The Labute approximate surface area is 217 Å². The number of anilines is 1. The van der Waals surface area contributed by atoms with E-state index in [0.717, 1.165) is 18.2 Å². The number of ether oxygens (including phenoxy) is 2. The summed E-state index contributed by atoms with van der Waals surface area (Å²) >= 11 is 5.99. The number of nitriles is 1. The lowest BCUT2D eigenvalue weighted by Crippen LogP contribution is -2.23. The molecule has 0 spiro atoms. The molecule has 0 amide bonds. The predicted molar refractivity (Wildman–Crippen MR) is 131 cm³/mol. The molecule has 37 heavy (non-hydrogen) atoms. The molecular formula is C25H21ClF3N3O4S. The van der Waals surface area contributed by atoms with Crippen molar-refractivity contribution in [3.63, 3.8) is 0 Å². The minimum absolute atomic E-state index is 0.0766. The summed E-state index contributed by atoms with van der Waals surface area (Å²) in [5.74, 6) is 0.0190. The maximum Gasteiger partial charge on any atom is 0.419 e. The first-order chi connectivity index (χ1) is 17.5. The molecule has 1 fully saturated rings. The number of sulfonamides is 1. The quantitative estimate of drug-likeness (QED) is 0.393. The van der Waals surface area contributed by atoms with Gasteiger partial charge in [0.15, 0.2) is 0 Å². The lowest BCUT2D eigenvalue weighted by Gasteiger charge is -2.19. The second-order valence-corrected chi connectivity index (χ2v) is 10.5. The van der Waals surface area contributed by atoms with Crippen LogP contribution < -0.4 is 14.2 Å². The smallest absolute Gasteiger partial charge is 0.419 e. The van der Waals surface area contributed by atoms with Crippen molar-refractivity contribution < 1.29 is 31.1 Å². The fraction of sp³-hybridized carbons (Fsp3) is 0.240. The van der Waals surface area contributed by atoms with Crippen molar-refractivity contribution in [1.82, 2.24) is 4.90 Å². The predicted octanol–water partition coefficient (Wildman–Crippen LogP) is 5.91. The minimum atomic E-state index is -4.67. The fourth-order valence-electron chi connectivity index (χ4n) is 3.81. The zero-order valence-electron chi connectivity index (χ0n) is 19.4. The molecule has 12 heteroatoms. The van der Waals surface area contributed by atoms with E-state index in [1.54, 1.807) is 12.1 Å². The summed E-state index contributed by atoms with van der Waals surface area (Å²) in [4.78, 5) is 1.79. The Kier molecular flexibility index (Phi) is 7.54. The van der Waals surface area contributed by atoms with Crippen molar-refractivity contribution >= 4 is 27.3 Å². The summed E-state index contributed by atoms with van der Waals surface area (Å²) in [6.45, 7) is 1.15. The van der Waals surface area contributed by atoms with Crippen LogP contribution in [0.1, 0.15) is 17.5 Å². The highest BCUT2D eigenvalue weighted by Crippen LogP contribution is 2.39. The Morgan fingerprint density at radius 2 is 1.84 bits per heavy atom. The van der Waals surface area contributed by atoms with E-state index in [1.165, 1.54) is 30.3 Å². The Hall–Kier alpha value is -3.46. The molecule has 0 aromatic heterocycles. The molecule has 1 atom stereocenters. The highest BCUT2D eigenvalue weighted by atomic mass is 35.5. The summed E-state index contributed by atoms with van der Waals surface area (Å²) in [6.07, 6.45) is -4.54. The second-order valence-electron chi connectivity index (χ2n) is 8.40. The Morgan fingerprint density at radius 1 is 1.11 bits per heavy atom. The summed E-state index contributed by atoms with van der Waals surface area (Å²) in [6, 6.07) is 14.8. The van der Waals surface area contributed by atoms with Crippen LogP contribution >= 0.6 is 11.6 Å². The topological polar surface area (TPSA) is 91.7 Å². The number of likely N-dealkylation sites (N-methyl/N-ethyl adjacent to an activating group) is 1. The largest absolute Gasteiger partial charge is 0.488 e. The van der Waals surface area contributed by atoms with Crippen molar-refractivity contribution in [2.45, 2.75) is 23.6 Å². The van der Waals surface area contributed by atoms with Crippen LogP contribution in [-0.4, -0.2) is 39.6 Å². The molecule has 0 bridgehead atoms. The van der Waals surface area contributed by atoms with Gasteiger partial charge < -0.3 is 14.4 Å². The Bertz CT molecular complexity index is 1440. The van der Waals surface area contributed by atoms with E-state index >= 15 is 0 Å². The van der Waals surface area contributed by atoms with Gasteiger partial charge in [0, 0.05) is 19.2 Å². The molecular weight excluding hydrogens is 531 g/mol. The zero-order valence-corrected chi connectivity index (χ0v) is 21.0. The van der Waals surface area contributed by atoms with E-state index < -0.39 is 33.6 Å². The zero-order chi connectivity index (χ0) is 26.8. The number of nitrogens with one attached hydrogen (secondary N) is 1.